The molecule has 0 aliphatic heterocycles. The number of aromatic nitrogens is 3. The van der Waals surface area contributed by atoms with Gasteiger partial charge in [0.05, 0.1) is 17.8 Å². The van der Waals surface area contributed by atoms with Crippen molar-refractivity contribution in [3.63, 3.8) is 0 Å². The lowest BCUT2D eigenvalue weighted by molar-refractivity contribution is 0.0949. The van der Waals surface area contributed by atoms with Crippen molar-refractivity contribution in [3.05, 3.63) is 97.0 Å². The first-order chi connectivity index (χ1) is 14.3. The summed E-state index contributed by atoms with van der Waals surface area (Å²) in [5.41, 5.74) is 2.38. The van der Waals surface area contributed by atoms with Gasteiger partial charge in [0.2, 0.25) is 0 Å². The SMILES string of the molecule is O=C(NCCn1ccc(-c2ccncc2)n1)c1ccccc1Oc1ccccc1. The van der Waals surface area contributed by atoms with E-state index in [1.807, 2.05) is 71.5 Å². The lowest BCUT2D eigenvalue weighted by Gasteiger charge is -2.11. The molecule has 4 aromatic rings. The number of benzene rings is 2. The molecule has 0 atom stereocenters. The molecule has 2 aromatic heterocycles. The normalized spacial score (nSPS) is 10.5. The summed E-state index contributed by atoms with van der Waals surface area (Å²) in [7, 11) is 0. The maximum Gasteiger partial charge on any atom is 0.255 e. The van der Waals surface area contributed by atoms with E-state index in [-0.39, 0.29) is 5.91 Å². The van der Waals surface area contributed by atoms with Gasteiger partial charge < -0.3 is 10.1 Å². The maximum atomic E-state index is 12.6. The Bertz CT molecular complexity index is 1080. The van der Waals surface area contributed by atoms with Gasteiger partial charge in [0.15, 0.2) is 0 Å². The molecule has 0 fully saturated rings. The third kappa shape index (κ3) is 4.68. The molecule has 29 heavy (non-hydrogen) atoms. The van der Waals surface area contributed by atoms with E-state index >= 15 is 0 Å². The van der Waals surface area contributed by atoms with Crippen LogP contribution in [-0.2, 0) is 6.54 Å². The van der Waals surface area contributed by atoms with E-state index in [4.69, 9.17) is 4.74 Å². The van der Waals surface area contributed by atoms with Crippen LogP contribution in [0.3, 0.4) is 0 Å². The number of nitrogens with one attached hydrogen (secondary N) is 1. The molecule has 2 heterocycles. The second-order valence-electron chi connectivity index (χ2n) is 6.37. The van der Waals surface area contributed by atoms with Crippen molar-refractivity contribution in [2.45, 2.75) is 6.54 Å². The van der Waals surface area contributed by atoms with Crippen molar-refractivity contribution in [1.82, 2.24) is 20.1 Å². The summed E-state index contributed by atoms with van der Waals surface area (Å²) in [4.78, 5) is 16.7. The molecule has 2 aromatic carbocycles. The van der Waals surface area contributed by atoms with Crippen molar-refractivity contribution >= 4 is 5.91 Å². The van der Waals surface area contributed by atoms with Crippen LogP contribution in [0.15, 0.2) is 91.4 Å². The summed E-state index contributed by atoms with van der Waals surface area (Å²) < 4.78 is 7.67. The average molecular weight is 384 g/mol. The highest BCUT2D eigenvalue weighted by Gasteiger charge is 2.12. The predicted molar refractivity (Wildman–Crippen MR) is 111 cm³/mol. The molecule has 0 saturated carbocycles. The minimum Gasteiger partial charge on any atom is -0.457 e. The molecule has 6 nitrogen and oxygen atoms in total. The molecule has 0 bridgehead atoms. The van der Waals surface area contributed by atoms with Crippen LogP contribution < -0.4 is 10.1 Å². The monoisotopic (exact) mass is 384 g/mol. The Balaban J connectivity index is 1.36. The van der Waals surface area contributed by atoms with Crippen molar-refractivity contribution < 1.29 is 9.53 Å². The summed E-state index contributed by atoms with van der Waals surface area (Å²) in [6, 6.07) is 22.4. The van der Waals surface area contributed by atoms with Gasteiger partial charge in [0.1, 0.15) is 11.5 Å². The number of pyridine rings is 1. The van der Waals surface area contributed by atoms with Crippen molar-refractivity contribution in [2.24, 2.45) is 0 Å². The fourth-order valence-corrected chi connectivity index (χ4v) is 2.90. The molecule has 4 rings (SSSR count). The summed E-state index contributed by atoms with van der Waals surface area (Å²) >= 11 is 0. The Morgan fingerprint density at radius 3 is 2.52 bits per heavy atom. The average Bonchev–Trinajstić information content (AvgIpc) is 3.24. The van der Waals surface area contributed by atoms with Gasteiger partial charge in [-0.25, -0.2) is 0 Å². The lowest BCUT2D eigenvalue weighted by atomic mass is 10.2. The summed E-state index contributed by atoms with van der Waals surface area (Å²) in [5, 5.41) is 7.47. The minimum atomic E-state index is -0.182. The van der Waals surface area contributed by atoms with Crippen LogP contribution >= 0.6 is 0 Å². The fourth-order valence-electron chi connectivity index (χ4n) is 2.90. The molecule has 0 saturated heterocycles. The van der Waals surface area contributed by atoms with Crippen molar-refractivity contribution in [1.29, 1.82) is 0 Å². The molecule has 6 heteroatoms. The molecule has 0 spiro atoms. The van der Waals surface area contributed by atoms with E-state index in [0.29, 0.717) is 30.2 Å². The number of nitrogens with zero attached hydrogens (tertiary/aromatic N) is 3. The number of hydrogen-bond donors (Lipinski definition) is 1. The number of carbonyl (C=O) groups is 1. The predicted octanol–water partition coefficient (Wildman–Crippen LogP) is 4.17. The van der Waals surface area contributed by atoms with E-state index in [1.165, 1.54) is 0 Å². The maximum absolute atomic E-state index is 12.6. The standard InChI is InChI=1S/C23H20N4O2/c28-23(20-8-4-5-9-22(20)29-19-6-2-1-3-7-19)25-15-17-27-16-12-21(26-27)18-10-13-24-14-11-18/h1-14,16H,15,17H2,(H,25,28). The van der Waals surface area contributed by atoms with Crippen LogP contribution in [0.1, 0.15) is 10.4 Å². The van der Waals surface area contributed by atoms with Crippen molar-refractivity contribution in [2.75, 3.05) is 6.54 Å². The third-order valence-corrected chi connectivity index (χ3v) is 4.35. The molecule has 0 radical (unpaired) electrons. The zero-order chi connectivity index (χ0) is 19.9. The number of carbonyl (C=O) groups excluding carboxylic acids is 1. The van der Waals surface area contributed by atoms with Gasteiger partial charge >= 0.3 is 0 Å². The Kier molecular flexibility index (Phi) is 5.62. The Morgan fingerprint density at radius 1 is 0.931 bits per heavy atom. The van der Waals surface area contributed by atoms with Crippen LogP contribution in [0.4, 0.5) is 0 Å². The first-order valence-corrected chi connectivity index (χ1v) is 9.33. The molecular formula is C23H20N4O2. The van der Waals surface area contributed by atoms with Gasteiger partial charge in [-0.15, -0.1) is 0 Å². The summed E-state index contributed by atoms with van der Waals surface area (Å²) in [6.07, 6.45) is 5.38. The van der Waals surface area contributed by atoms with Crippen LogP contribution in [0.2, 0.25) is 0 Å². The second-order valence-corrected chi connectivity index (χ2v) is 6.37. The van der Waals surface area contributed by atoms with E-state index in [9.17, 15) is 4.79 Å². The van der Waals surface area contributed by atoms with Gasteiger partial charge in [0, 0.05) is 30.7 Å². The molecule has 144 valence electrons. The number of rotatable bonds is 7. The Hall–Kier alpha value is -3.93. The first-order valence-electron chi connectivity index (χ1n) is 9.33. The Labute approximate surface area is 168 Å². The smallest absolute Gasteiger partial charge is 0.255 e. The van der Waals surface area contributed by atoms with E-state index < -0.39 is 0 Å². The molecule has 0 aliphatic carbocycles. The van der Waals surface area contributed by atoms with E-state index in [1.54, 1.807) is 24.5 Å². The second kappa shape index (κ2) is 8.84. The molecular weight excluding hydrogens is 364 g/mol. The number of hydrogen-bond acceptors (Lipinski definition) is 4. The third-order valence-electron chi connectivity index (χ3n) is 4.35. The highest BCUT2D eigenvalue weighted by molar-refractivity contribution is 5.97. The van der Waals surface area contributed by atoms with Crippen LogP contribution in [0, 0.1) is 0 Å². The minimum absolute atomic E-state index is 0.182. The zero-order valence-corrected chi connectivity index (χ0v) is 15.7. The highest BCUT2D eigenvalue weighted by atomic mass is 16.5. The van der Waals surface area contributed by atoms with Gasteiger partial charge in [-0.3, -0.25) is 14.5 Å². The fraction of sp³-hybridized carbons (Fsp3) is 0.0870. The molecule has 0 unspecified atom stereocenters. The van der Waals surface area contributed by atoms with Crippen LogP contribution in [-0.4, -0.2) is 27.2 Å². The molecule has 0 aliphatic rings. The largest absolute Gasteiger partial charge is 0.457 e. The van der Waals surface area contributed by atoms with E-state index in [0.717, 1.165) is 11.3 Å². The molecule has 1 amide bonds. The topological polar surface area (TPSA) is 69.0 Å². The Morgan fingerprint density at radius 2 is 1.69 bits per heavy atom. The zero-order valence-electron chi connectivity index (χ0n) is 15.7. The number of amides is 1. The van der Waals surface area contributed by atoms with Gasteiger partial charge in [-0.2, -0.15) is 5.10 Å². The van der Waals surface area contributed by atoms with Crippen LogP contribution in [0.25, 0.3) is 11.3 Å². The van der Waals surface area contributed by atoms with Crippen molar-refractivity contribution in [3.8, 4) is 22.8 Å². The number of para-hydroxylation sites is 2. The van der Waals surface area contributed by atoms with Gasteiger partial charge in [-0.1, -0.05) is 30.3 Å². The summed E-state index contributed by atoms with van der Waals surface area (Å²) in [5.74, 6) is 1.03. The lowest BCUT2D eigenvalue weighted by Crippen LogP contribution is -2.27. The molecule has 1 N–H and O–H groups in total. The quantitative estimate of drug-likeness (QED) is 0.519. The first kappa shape index (κ1) is 18.4. The van der Waals surface area contributed by atoms with Crippen LogP contribution in [0.5, 0.6) is 11.5 Å². The summed E-state index contributed by atoms with van der Waals surface area (Å²) in [6.45, 7) is 1.02. The van der Waals surface area contributed by atoms with Gasteiger partial charge in [-0.05, 0) is 42.5 Å². The van der Waals surface area contributed by atoms with E-state index in [2.05, 4.69) is 15.4 Å². The van der Waals surface area contributed by atoms with Gasteiger partial charge in [0.25, 0.3) is 5.91 Å². The number of ether oxygens (including phenoxy) is 1. The highest BCUT2D eigenvalue weighted by Crippen LogP contribution is 2.24.